The number of rotatable bonds is 3. The van der Waals surface area contributed by atoms with E-state index in [0.717, 1.165) is 48.6 Å². The fourth-order valence-corrected chi connectivity index (χ4v) is 4.41. The molecule has 1 fully saturated rings. The molecule has 160 valence electrons. The maximum atomic E-state index is 12.9. The average Bonchev–Trinajstić information content (AvgIpc) is 3.17. The van der Waals surface area contributed by atoms with Crippen LogP contribution in [0.4, 0.5) is 4.79 Å². The minimum absolute atomic E-state index is 0.0166. The Morgan fingerprint density at radius 3 is 2.67 bits per heavy atom. The molecule has 8 nitrogen and oxygen atoms in total. The quantitative estimate of drug-likeness (QED) is 0.779. The third-order valence-corrected chi connectivity index (χ3v) is 6.17. The van der Waals surface area contributed by atoms with Gasteiger partial charge in [-0.1, -0.05) is 24.3 Å². The Hall–Kier alpha value is -2.90. The van der Waals surface area contributed by atoms with Gasteiger partial charge in [0.2, 0.25) is 5.91 Å². The van der Waals surface area contributed by atoms with Crippen LogP contribution in [0.2, 0.25) is 0 Å². The molecule has 30 heavy (non-hydrogen) atoms. The van der Waals surface area contributed by atoms with Crippen molar-refractivity contribution in [2.45, 2.75) is 51.7 Å². The third kappa shape index (κ3) is 3.91. The van der Waals surface area contributed by atoms with Crippen LogP contribution in [0.5, 0.6) is 0 Å². The molecule has 1 atom stereocenters. The van der Waals surface area contributed by atoms with Crippen molar-refractivity contribution in [3.8, 4) is 0 Å². The second-order valence-corrected chi connectivity index (χ2v) is 8.43. The molecule has 1 aromatic heterocycles. The van der Waals surface area contributed by atoms with Crippen LogP contribution < -0.4 is 0 Å². The van der Waals surface area contributed by atoms with Gasteiger partial charge in [0.25, 0.3) is 0 Å². The number of piperidine rings is 1. The molecule has 1 unspecified atom stereocenters. The number of aryl methyl sites for hydroxylation is 1. The lowest BCUT2D eigenvalue weighted by Crippen LogP contribution is -2.45. The Morgan fingerprint density at radius 1 is 1.10 bits per heavy atom. The van der Waals surface area contributed by atoms with Crippen LogP contribution in [0.15, 0.2) is 24.3 Å². The lowest BCUT2D eigenvalue weighted by Gasteiger charge is -2.37. The predicted octanol–water partition coefficient (Wildman–Crippen LogP) is 2.38. The number of likely N-dealkylation sites (tertiary alicyclic amines) is 1. The summed E-state index contributed by atoms with van der Waals surface area (Å²) in [6, 6.07) is 7.97. The van der Waals surface area contributed by atoms with Gasteiger partial charge in [0.05, 0.1) is 19.0 Å². The fourth-order valence-electron chi connectivity index (χ4n) is 4.41. The van der Waals surface area contributed by atoms with Crippen molar-refractivity contribution in [2.24, 2.45) is 0 Å². The number of fused-ring (bicyclic) bond motifs is 1. The van der Waals surface area contributed by atoms with Crippen LogP contribution in [-0.2, 0) is 24.3 Å². The summed E-state index contributed by atoms with van der Waals surface area (Å²) in [5.74, 6) is 1.77. The van der Waals surface area contributed by atoms with Gasteiger partial charge in [0.15, 0.2) is 11.6 Å². The van der Waals surface area contributed by atoms with E-state index >= 15 is 0 Å². The topological polar surface area (TPSA) is 74.6 Å². The Kier molecular flexibility index (Phi) is 5.74. The molecule has 0 N–H and O–H groups in total. The number of hydrogen-bond acceptors (Lipinski definition) is 4. The highest BCUT2D eigenvalue weighted by Crippen LogP contribution is 2.31. The number of carbonyl (C=O) groups is 2. The largest absolute Gasteiger partial charge is 0.333 e. The van der Waals surface area contributed by atoms with Crippen molar-refractivity contribution >= 4 is 11.9 Å². The first kappa shape index (κ1) is 20.4. The Balaban J connectivity index is 1.49. The molecule has 2 aliphatic rings. The molecular formula is C22H30N6O2. The molecule has 0 bridgehead atoms. The summed E-state index contributed by atoms with van der Waals surface area (Å²) < 4.78 is 2.11. The first-order chi connectivity index (χ1) is 14.5. The monoisotopic (exact) mass is 410 g/mol. The second-order valence-electron chi connectivity index (χ2n) is 8.43. The number of aromatic nitrogens is 3. The molecule has 0 radical (unpaired) electrons. The first-order valence-corrected chi connectivity index (χ1v) is 10.7. The van der Waals surface area contributed by atoms with E-state index in [0.29, 0.717) is 26.1 Å². The predicted molar refractivity (Wildman–Crippen MR) is 113 cm³/mol. The van der Waals surface area contributed by atoms with Crippen LogP contribution in [0, 0.1) is 6.92 Å². The van der Waals surface area contributed by atoms with Gasteiger partial charge in [-0.2, -0.15) is 0 Å². The van der Waals surface area contributed by atoms with E-state index in [9.17, 15) is 9.59 Å². The molecule has 3 amide bonds. The number of carbonyl (C=O) groups excluding carboxylic acids is 2. The number of urea groups is 1. The zero-order valence-electron chi connectivity index (χ0n) is 18.0. The Labute approximate surface area is 177 Å². The van der Waals surface area contributed by atoms with Crippen LogP contribution in [0.25, 0.3) is 0 Å². The van der Waals surface area contributed by atoms with Crippen LogP contribution in [-0.4, -0.2) is 68.6 Å². The Morgan fingerprint density at radius 2 is 1.90 bits per heavy atom. The Bertz CT molecular complexity index is 937. The maximum absolute atomic E-state index is 12.9. The van der Waals surface area contributed by atoms with Crippen molar-refractivity contribution in [1.82, 2.24) is 29.5 Å². The number of benzene rings is 1. The van der Waals surface area contributed by atoms with Crippen molar-refractivity contribution in [3.05, 3.63) is 47.0 Å². The highest BCUT2D eigenvalue weighted by atomic mass is 16.2. The lowest BCUT2D eigenvalue weighted by atomic mass is 10.0. The van der Waals surface area contributed by atoms with Gasteiger partial charge in [-0.25, -0.2) is 4.79 Å². The van der Waals surface area contributed by atoms with E-state index in [1.165, 1.54) is 0 Å². The van der Waals surface area contributed by atoms with E-state index in [1.54, 1.807) is 19.0 Å². The van der Waals surface area contributed by atoms with E-state index in [2.05, 4.69) is 14.8 Å². The third-order valence-electron chi connectivity index (χ3n) is 6.17. The van der Waals surface area contributed by atoms with E-state index < -0.39 is 0 Å². The summed E-state index contributed by atoms with van der Waals surface area (Å²) in [5, 5.41) is 8.86. The summed E-state index contributed by atoms with van der Waals surface area (Å²) >= 11 is 0. The average molecular weight is 411 g/mol. The number of hydrogen-bond donors (Lipinski definition) is 0. The van der Waals surface area contributed by atoms with Gasteiger partial charge in [-0.15, -0.1) is 10.2 Å². The van der Waals surface area contributed by atoms with Crippen molar-refractivity contribution in [1.29, 1.82) is 0 Å². The number of nitrogens with zero attached hydrogens (tertiary/aromatic N) is 6. The minimum Gasteiger partial charge on any atom is -0.333 e. The van der Waals surface area contributed by atoms with E-state index in [-0.39, 0.29) is 18.0 Å². The zero-order chi connectivity index (χ0) is 21.3. The molecule has 0 saturated carbocycles. The van der Waals surface area contributed by atoms with Crippen molar-refractivity contribution < 1.29 is 9.59 Å². The van der Waals surface area contributed by atoms with E-state index in [4.69, 9.17) is 0 Å². The van der Waals surface area contributed by atoms with Gasteiger partial charge in [-0.05, 0) is 37.3 Å². The van der Waals surface area contributed by atoms with E-state index in [1.807, 2.05) is 41.0 Å². The minimum atomic E-state index is -0.0517. The highest BCUT2D eigenvalue weighted by Gasteiger charge is 2.34. The first-order valence-electron chi connectivity index (χ1n) is 10.7. The van der Waals surface area contributed by atoms with Crippen LogP contribution >= 0.6 is 0 Å². The normalized spacial score (nSPS) is 18.8. The van der Waals surface area contributed by atoms with Gasteiger partial charge in [0.1, 0.15) is 0 Å². The molecule has 1 saturated heterocycles. The maximum Gasteiger partial charge on any atom is 0.320 e. The van der Waals surface area contributed by atoms with Crippen LogP contribution in [0.3, 0.4) is 0 Å². The standard InChI is InChI=1S/C22H30N6O2/c1-16-8-4-5-9-17(16)14-20(29)26-12-13-28-19(15-26)23-24-21(28)18-10-6-7-11-27(18)22(30)25(2)3/h4-5,8-9,18H,6-7,10-15H2,1-3H3. The molecule has 4 rings (SSSR count). The van der Waals surface area contributed by atoms with Gasteiger partial charge < -0.3 is 19.3 Å². The molecular weight excluding hydrogens is 380 g/mol. The van der Waals surface area contributed by atoms with Gasteiger partial charge >= 0.3 is 6.03 Å². The van der Waals surface area contributed by atoms with Crippen molar-refractivity contribution in [2.75, 3.05) is 27.2 Å². The fraction of sp³-hybridized carbons (Fsp3) is 0.545. The summed E-state index contributed by atoms with van der Waals surface area (Å²) in [4.78, 5) is 30.9. The summed E-state index contributed by atoms with van der Waals surface area (Å²) in [6.07, 6.45) is 3.39. The molecule has 2 aromatic rings. The van der Waals surface area contributed by atoms with Crippen molar-refractivity contribution in [3.63, 3.8) is 0 Å². The molecule has 0 aliphatic carbocycles. The molecule has 2 aliphatic heterocycles. The summed E-state index contributed by atoms with van der Waals surface area (Å²) in [7, 11) is 3.57. The van der Waals surface area contributed by atoms with Gasteiger partial charge in [-0.3, -0.25) is 4.79 Å². The molecule has 8 heteroatoms. The number of amides is 3. The lowest BCUT2D eigenvalue weighted by molar-refractivity contribution is -0.132. The summed E-state index contributed by atoms with van der Waals surface area (Å²) in [6.45, 7) is 4.54. The second kappa shape index (κ2) is 8.45. The smallest absolute Gasteiger partial charge is 0.320 e. The zero-order valence-corrected chi connectivity index (χ0v) is 18.0. The SMILES string of the molecule is Cc1ccccc1CC(=O)N1CCn2c(nnc2C2CCCCN2C(=O)N(C)C)C1. The molecule has 1 aromatic carbocycles. The van der Waals surface area contributed by atoms with Crippen LogP contribution in [0.1, 0.15) is 48.1 Å². The molecule has 3 heterocycles. The van der Waals surface area contributed by atoms with Gasteiger partial charge in [0, 0.05) is 33.7 Å². The highest BCUT2D eigenvalue weighted by molar-refractivity contribution is 5.79. The summed E-state index contributed by atoms with van der Waals surface area (Å²) in [5.41, 5.74) is 2.20. The molecule has 0 spiro atoms.